The number of hydrogen-bond donors (Lipinski definition) is 1. The first-order valence-electron chi connectivity index (χ1n) is 7.50. The number of pyridine rings is 1. The van der Waals surface area contributed by atoms with Crippen LogP contribution in [0.25, 0.3) is 0 Å². The summed E-state index contributed by atoms with van der Waals surface area (Å²) in [4.78, 5) is 23.7. The van der Waals surface area contributed by atoms with Gasteiger partial charge in [0.15, 0.2) is 5.96 Å². The normalized spacial score (nSPS) is 15.9. The van der Waals surface area contributed by atoms with Crippen LogP contribution in [0.1, 0.15) is 19.5 Å². The monoisotopic (exact) mass is 307 g/mol. The molecule has 6 nitrogen and oxygen atoms in total. The van der Waals surface area contributed by atoms with E-state index in [-0.39, 0.29) is 18.3 Å². The summed E-state index contributed by atoms with van der Waals surface area (Å²) in [7, 11) is 0. The van der Waals surface area contributed by atoms with Gasteiger partial charge in [0.05, 0.1) is 12.2 Å². The van der Waals surface area contributed by atoms with Gasteiger partial charge in [-0.15, -0.1) is 0 Å². The molecule has 0 aromatic carbocycles. The van der Waals surface area contributed by atoms with Crippen LogP contribution in [0.15, 0.2) is 23.3 Å². The van der Waals surface area contributed by atoms with Crippen molar-refractivity contribution in [3.63, 3.8) is 0 Å². The minimum absolute atomic E-state index is 0.0946. The van der Waals surface area contributed by atoms with Crippen LogP contribution in [0, 0.1) is 5.82 Å². The summed E-state index contributed by atoms with van der Waals surface area (Å²) in [6.07, 6.45) is 1.56. The highest BCUT2D eigenvalue weighted by Gasteiger charge is 2.20. The number of carbonyl (C=O) groups excluding carboxylic acids is 1. The molecule has 0 spiro atoms. The second-order valence-corrected chi connectivity index (χ2v) is 5.10. The van der Waals surface area contributed by atoms with E-state index in [0.717, 1.165) is 25.6 Å². The van der Waals surface area contributed by atoms with E-state index in [1.54, 1.807) is 19.2 Å². The molecule has 1 aromatic rings. The van der Waals surface area contributed by atoms with Crippen LogP contribution in [0.2, 0.25) is 0 Å². The van der Waals surface area contributed by atoms with Crippen molar-refractivity contribution in [2.24, 2.45) is 4.99 Å². The molecular formula is C15H22FN5O. The summed E-state index contributed by atoms with van der Waals surface area (Å²) in [5.41, 5.74) is 0.334. The fraction of sp³-hybridized carbons (Fsp3) is 0.533. The molecule has 1 amide bonds. The maximum atomic E-state index is 13.6. The lowest BCUT2D eigenvalue weighted by Crippen LogP contribution is -2.53. The maximum absolute atomic E-state index is 13.6. The van der Waals surface area contributed by atoms with Crippen molar-refractivity contribution in [1.29, 1.82) is 0 Å². The topological polar surface area (TPSA) is 60.8 Å². The van der Waals surface area contributed by atoms with Crippen molar-refractivity contribution in [3.05, 3.63) is 29.8 Å². The highest BCUT2D eigenvalue weighted by atomic mass is 19.1. The fourth-order valence-electron chi connectivity index (χ4n) is 2.34. The lowest BCUT2D eigenvalue weighted by molar-refractivity contribution is -0.130. The first-order valence-corrected chi connectivity index (χ1v) is 7.50. The molecule has 1 aliphatic heterocycles. The first-order chi connectivity index (χ1) is 10.6. The zero-order valence-electron chi connectivity index (χ0n) is 13.0. The van der Waals surface area contributed by atoms with E-state index < -0.39 is 0 Å². The van der Waals surface area contributed by atoms with E-state index in [4.69, 9.17) is 0 Å². The number of nitrogens with one attached hydrogen (secondary N) is 1. The zero-order chi connectivity index (χ0) is 15.9. The molecule has 1 aliphatic rings. The third kappa shape index (κ3) is 4.16. The van der Waals surface area contributed by atoms with Gasteiger partial charge in [0.2, 0.25) is 5.91 Å². The molecule has 1 saturated heterocycles. The summed E-state index contributed by atoms with van der Waals surface area (Å²) >= 11 is 0. The molecule has 0 radical (unpaired) electrons. The van der Waals surface area contributed by atoms with Crippen LogP contribution in [-0.4, -0.2) is 59.4 Å². The van der Waals surface area contributed by atoms with E-state index >= 15 is 0 Å². The van der Waals surface area contributed by atoms with Crippen LogP contribution >= 0.6 is 0 Å². The molecule has 1 aromatic heterocycles. The Morgan fingerprint density at radius 1 is 1.36 bits per heavy atom. The van der Waals surface area contributed by atoms with Crippen molar-refractivity contribution in [2.75, 3.05) is 32.7 Å². The van der Waals surface area contributed by atoms with Crippen LogP contribution < -0.4 is 5.32 Å². The average Bonchev–Trinajstić information content (AvgIpc) is 2.53. The highest BCUT2D eigenvalue weighted by Crippen LogP contribution is 2.06. The predicted molar refractivity (Wildman–Crippen MR) is 82.8 cm³/mol. The Morgan fingerprint density at radius 3 is 2.64 bits per heavy atom. The number of aliphatic imine (C=N–C) groups is 1. The van der Waals surface area contributed by atoms with E-state index in [1.807, 2.05) is 11.8 Å². The number of carbonyl (C=O) groups is 1. The summed E-state index contributed by atoms with van der Waals surface area (Å²) in [5, 5.41) is 3.21. The van der Waals surface area contributed by atoms with Crippen LogP contribution in [0.5, 0.6) is 0 Å². The standard InChI is InChI=1S/C15H22FN5O/c1-3-17-15(19-11-14-13(16)5-4-6-18-14)21-9-7-20(8-10-21)12(2)22/h4-6H,3,7-11H2,1-2H3,(H,17,19). The van der Waals surface area contributed by atoms with Crippen molar-refractivity contribution < 1.29 is 9.18 Å². The van der Waals surface area contributed by atoms with Crippen molar-refractivity contribution in [2.45, 2.75) is 20.4 Å². The van der Waals surface area contributed by atoms with Gasteiger partial charge in [0.1, 0.15) is 5.82 Å². The average molecular weight is 307 g/mol. The van der Waals surface area contributed by atoms with Crippen LogP contribution in [0.3, 0.4) is 0 Å². The van der Waals surface area contributed by atoms with Gasteiger partial charge in [-0.05, 0) is 19.1 Å². The van der Waals surface area contributed by atoms with Gasteiger partial charge in [-0.3, -0.25) is 9.78 Å². The quantitative estimate of drug-likeness (QED) is 0.664. The predicted octanol–water partition coefficient (Wildman–Crippen LogP) is 0.850. The number of guanidine groups is 1. The molecule has 2 rings (SSSR count). The number of aromatic nitrogens is 1. The molecule has 120 valence electrons. The Labute approximate surface area is 130 Å². The third-order valence-corrected chi connectivity index (χ3v) is 3.57. The number of halogens is 1. The van der Waals surface area contributed by atoms with Crippen LogP contribution in [0.4, 0.5) is 4.39 Å². The molecule has 7 heteroatoms. The Morgan fingerprint density at radius 2 is 2.05 bits per heavy atom. The molecular weight excluding hydrogens is 285 g/mol. The molecule has 0 bridgehead atoms. The summed E-state index contributed by atoms with van der Waals surface area (Å²) in [5.74, 6) is 0.483. The molecule has 1 N–H and O–H groups in total. The Balaban J connectivity index is 2.02. The second kappa shape index (κ2) is 7.72. The maximum Gasteiger partial charge on any atom is 0.219 e. The third-order valence-electron chi connectivity index (χ3n) is 3.57. The molecule has 0 saturated carbocycles. The number of rotatable bonds is 3. The Hall–Kier alpha value is -2.18. The van der Waals surface area contributed by atoms with E-state index in [0.29, 0.717) is 18.8 Å². The van der Waals surface area contributed by atoms with Crippen molar-refractivity contribution in [1.82, 2.24) is 20.1 Å². The van der Waals surface area contributed by atoms with Gasteiger partial charge in [0, 0.05) is 45.8 Å². The number of hydrogen-bond acceptors (Lipinski definition) is 3. The second-order valence-electron chi connectivity index (χ2n) is 5.10. The molecule has 22 heavy (non-hydrogen) atoms. The van der Waals surface area contributed by atoms with E-state index in [1.165, 1.54) is 6.07 Å². The van der Waals surface area contributed by atoms with Gasteiger partial charge < -0.3 is 15.1 Å². The minimum atomic E-state index is -0.344. The summed E-state index contributed by atoms with van der Waals surface area (Å²) in [6, 6.07) is 2.95. The Bertz CT molecular complexity index is 540. The van der Waals surface area contributed by atoms with Crippen LogP contribution in [-0.2, 0) is 11.3 Å². The van der Waals surface area contributed by atoms with Gasteiger partial charge in [0.25, 0.3) is 0 Å². The lowest BCUT2D eigenvalue weighted by atomic mass is 10.3. The number of amides is 1. The molecule has 0 aliphatic carbocycles. The Kier molecular flexibility index (Phi) is 5.68. The SMILES string of the molecule is CCNC(=NCc1ncccc1F)N1CCN(C(C)=O)CC1. The molecule has 0 unspecified atom stereocenters. The molecule has 2 heterocycles. The number of nitrogens with zero attached hydrogens (tertiary/aromatic N) is 4. The smallest absolute Gasteiger partial charge is 0.219 e. The van der Waals surface area contributed by atoms with Gasteiger partial charge in [-0.1, -0.05) is 0 Å². The van der Waals surface area contributed by atoms with Gasteiger partial charge in [-0.2, -0.15) is 0 Å². The van der Waals surface area contributed by atoms with Gasteiger partial charge >= 0.3 is 0 Å². The fourth-order valence-corrected chi connectivity index (χ4v) is 2.34. The van der Waals surface area contributed by atoms with E-state index in [9.17, 15) is 9.18 Å². The molecule has 0 atom stereocenters. The highest BCUT2D eigenvalue weighted by molar-refractivity contribution is 5.80. The van der Waals surface area contributed by atoms with Gasteiger partial charge in [-0.25, -0.2) is 9.38 Å². The first kappa shape index (κ1) is 16.2. The lowest BCUT2D eigenvalue weighted by Gasteiger charge is -2.36. The zero-order valence-corrected chi connectivity index (χ0v) is 13.0. The summed E-state index contributed by atoms with van der Waals surface area (Å²) < 4.78 is 13.6. The molecule has 1 fully saturated rings. The number of piperazine rings is 1. The van der Waals surface area contributed by atoms with Crippen molar-refractivity contribution >= 4 is 11.9 Å². The minimum Gasteiger partial charge on any atom is -0.357 e. The summed E-state index contributed by atoms with van der Waals surface area (Å²) in [6.45, 7) is 7.29. The van der Waals surface area contributed by atoms with E-state index in [2.05, 4.69) is 20.2 Å². The van der Waals surface area contributed by atoms with Crippen molar-refractivity contribution in [3.8, 4) is 0 Å². The largest absolute Gasteiger partial charge is 0.357 e.